The highest BCUT2D eigenvalue weighted by atomic mass is 16.3. The second-order valence-corrected chi connectivity index (χ2v) is 9.11. The minimum Gasteiger partial charge on any atom is -0.393 e. The molecule has 4 saturated carbocycles. The zero-order chi connectivity index (χ0) is 19.8. The van der Waals surface area contributed by atoms with Gasteiger partial charge in [0.25, 0.3) is 5.56 Å². The molecular weight excluding hydrogens is 360 g/mol. The second kappa shape index (κ2) is 5.89. The van der Waals surface area contributed by atoms with Crippen molar-refractivity contribution in [1.29, 1.82) is 0 Å². The molecule has 8 nitrogen and oxygen atoms in total. The zero-order valence-electron chi connectivity index (χ0n) is 16.3. The van der Waals surface area contributed by atoms with Gasteiger partial charge in [-0.3, -0.25) is 18.7 Å². The van der Waals surface area contributed by atoms with Crippen LogP contribution in [0, 0.1) is 17.8 Å². The van der Waals surface area contributed by atoms with E-state index in [1.165, 1.54) is 11.5 Å². The van der Waals surface area contributed by atoms with Crippen LogP contribution >= 0.6 is 0 Å². The molecule has 8 heteroatoms. The van der Waals surface area contributed by atoms with Gasteiger partial charge < -0.3 is 10.1 Å². The van der Waals surface area contributed by atoms with Crippen LogP contribution in [0.2, 0.25) is 0 Å². The molecule has 0 amide bonds. The number of rotatable bonds is 5. The van der Waals surface area contributed by atoms with Gasteiger partial charge in [-0.1, -0.05) is 6.92 Å². The van der Waals surface area contributed by atoms with Crippen LogP contribution in [-0.4, -0.2) is 36.1 Å². The highest BCUT2D eigenvalue weighted by Crippen LogP contribution is 2.64. The lowest BCUT2D eigenvalue weighted by Gasteiger charge is -2.38. The number of aliphatic hydroxyl groups excluding tert-OH is 1. The number of aliphatic hydroxyl groups is 1. The highest BCUT2D eigenvalue weighted by molar-refractivity contribution is 5.76. The Kier molecular flexibility index (Phi) is 3.75. The van der Waals surface area contributed by atoms with E-state index in [0.29, 0.717) is 35.5 Å². The van der Waals surface area contributed by atoms with Crippen molar-refractivity contribution in [2.75, 3.05) is 0 Å². The van der Waals surface area contributed by atoms with Crippen molar-refractivity contribution in [3.05, 3.63) is 26.7 Å². The quantitative estimate of drug-likeness (QED) is 0.794. The van der Waals surface area contributed by atoms with Gasteiger partial charge in [-0.2, -0.15) is 0 Å². The average molecular weight is 386 g/mol. The monoisotopic (exact) mass is 386 g/mol. The molecule has 2 heterocycles. The predicted octanol–water partition coefficient (Wildman–Crippen LogP) is 0.934. The molecule has 0 saturated heterocycles. The lowest BCUT2D eigenvalue weighted by atomic mass is 9.68. The maximum Gasteiger partial charge on any atom is 0.333 e. The highest BCUT2D eigenvalue weighted by Gasteiger charge is 2.61. The van der Waals surface area contributed by atoms with Gasteiger partial charge in [0.05, 0.1) is 12.6 Å². The van der Waals surface area contributed by atoms with Crippen LogP contribution in [0.4, 0.5) is 0 Å². The fourth-order valence-corrected chi connectivity index (χ4v) is 6.26. The van der Waals surface area contributed by atoms with E-state index in [1.54, 1.807) is 0 Å². The minimum absolute atomic E-state index is 0.137. The Labute approximate surface area is 161 Å². The summed E-state index contributed by atoms with van der Waals surface area (Å²) in [6.07, 6.45) is 4.33. The van der Waals surface area contributed by atoms with E-state index < -0.39 is 11.2 Å². The van der Waals surface area contributed by atoms with Crippen LogP contribution < -0.4 is 11.2 Å². The van der Waals surface area contributed by atoms with Gasteiger partial charge in [-0.05, 0) is 56.8 Å². The molecule has 2 N–H and O–H groups in total. The molecule has 6 rings (SSSR count). The third kappa shape index (κ3) is 2.27. The third-order valence-corrected chi connectivity index (χ3v) is 7.26. The minimum atomic E-state index is -0.478. The Balaban J connectivity index is 1.69. The van der Waals surface area contributed by atoms with E-state index >= 15 is 0 Å². The summed E-state index contributed by atoms with van der Waals surface area (Å²) in [6, 6.07) is 0. The summed E-state index contributed by atoms with van der Waals surface area (Å²) >= 11 is 0. The molecule has 4 aliphatic carbocycles. The van der Waals surface area contributed by atoms with E-state index in [-0.39, 0.29) is 23.8 Å². The van der Waals surface area contributed by atoms with Crippen molar-refractivity contribution in [1.82, 2.24) is 19.1 Å². The summed E-state index contributed by atoms with van der Waals surface area (Å²) in [5.74, 6) is 1.68. The lowest BCUT2D eigenvalue weighted by molar-refractivity contribution is -0.117. The van der Waals surface area contributed by atoms with E-state index in [0.717, 1.165) is 42.5 Å². The molecule has 0 spiro atoms. The van der Waals surface area contributed by atoms with Crippen molar-refractivity contribution < 1.29 is 9.90 Å². The standard InChI is InChI=1S/C20H26N4O4/c1-3-4-23-16-14(17(27)24(19(23)28)9-10(2)25)21-18(22-16)20-6-11-5-12(7-20)15(26)13(11)8-20/h11-13,15,26H,3-9H2,1-2H3,(H,21,22). The number of fused-ring (bicyclic) bond motifs is 1. The average Bonchev–Trinajstić information content (AvgIpc) is 3.27. The summed E-state index contributed by atoms with van der Waals surface area (Å²) in [6.45, 7) is 3.55. The van der Waals surface area contributed by atoms with Crippen LogP contribution in [0.1, 0.15) is 51.8 Å². The number of nitrogens with zero attached hydrogens (tertiary/aromatic N) is 3. The van der Waals surface area contributed by atoms with Crippen molar-refractivity contribution in [3.63, 3.8) is 0 Å². The summed E-state index contributed by atoms with van der Waals surface area (Å²) in [5, 5.41) is 10.5. The number of nitrogens with one attached hydrogen (secondary N) is 1. The molecule has 150 valence electrons. The molecule has 4 fully saturated rings. The van der Waals surface area contributed by atoms with Gasteiger partial charge in [0.15, 0.2) is 5.65 Å². The fourth-order valence-electron chi connectivity index (χ4n) is 6.26. The molecule has 4 bridgehead atoms. The molecule has 0 aromatic carbocycles. The Morgan fingerprint density at radius 3 is 2.64 bits per heavy atom. The first-order valence-electron chi connectivity index (χ1n) is 10.3. The van der Waals surface area contributed by atoms with Crippen molar-refractivity contribution in [2.24, 2.45) is 17.8 Å². The number of H-pyrrole nitrogens is 1. The number of Topliss-reactive ketones (excluding diaryl/α,β-unsaturated/α-hetero) is 1. The van der Waals surface area contributed by atoms with Crippen LogP contribution in [0.5, 0.6) is 0 Å². The van der Waals surface area contributed by atoms with Crippen molar-refractivity contribution >= 4 is 16.9 Å². The number of aryl methyl sites for hydroxylation is 1. The zero-order valence-corrected chi connectivity index (χ0v) is 16.3. The molecular formula is C20H26N4O4. The summed E-state index contributed by atoms with van der Waals surface area (Å²) in [7, 11) is 0. The lowest BCUT2D eigenvalue weighted by Crippen LogP contribution is -2.41. The number of carbonyl (C=O) groups excluding carboxylic acids is 1. The number of hydrogen-bond donors (Lipinski definition) is 2. The Bertz CT molecular complexity index is 1090. The van der Waals surface area contributed by atoms with Gasteiger partial charge in [-0.25, -0.2) is 9.78 Å². The largest absolute Gasteiger partial charge is 0.393 e. The predicted molar refractivity (Wildman–Crippen MR) is 102 cm³/mol. The topological polar surface area (TPSA) is 110 Å². The molecule has 2 aromatic rings. The first-order chi connectivity index (χ1) is 13.3. The van der Waals surface area contributed by atoms with Gasteiger partial charge in [0, 0.05) is 12.0 Å². The van der Waals surface area contributed by atoms with Gasteiger partial charge in [-0.15, -0.1) is 0 Å². The number of imidazole rings is 1. The molecule has 0 aliphatic heterocycles. The van der Waals surface area contributed by atoms with E-state index in [2.05, 4.69) is 4.98 Å². The molecule has 0 radical (unpaired) electrons. The van der Waals surface area contributed by atoms with E-state index in [9.17, 15) is 19.5 Å². The van der Waals surface area contributed by atoms with Gasteiger partial charge in [0.1, 0.15) is 17.1 Å². The number of aromatic amines is 1. The molecule has 2 aromatic heterocycles. The van der Waals surface area contributed by atoms with Crippen molar-refractivity contribution in [3.8, 4) is 0 Å². The van der Waals surface area contributed by atoms with Crippen LogP contribution in [-0.2, 0) is 23.3 Å². The van der Waals surface area contributed by atoms with E-state index in [1.807, 2.05) is 6.92 Å². The third-order valence-electron chi connectivity index (χ3n) is 7.26. The molecule has 5 atom stereocenters. The Hall–Kier alpha value is -2.22. The molecule has 4 aliphatic rings. The number of carbonyl (C=O) groups is 1. The smallest absolute Gasteiger partial charge is 0.333 e. The normalized spacial score (nSPS) is 33.2. The fraction of sp³-hybridized carbons (Fsp3) is 0.700. The van der Waals surface area contributed by atoms with Crippen LogP contribution in [0.25, 0.3) is 11.2 Å². The SMILES string of the molecule is CCCn1c(=O)n(CC(C)=O)c(=O)c2[nH]c(C34CC5CC(C3)C(C4)C5O)nc21. The van der Waals surface area contributed by atoms with Crippen LogP contribution in [0.15, 0.2) is 9.59 Å². The summed E-state index contributed by atoms with van der Waals surface area (Å²) in [5.41, 5.74) is -0.391. The van der Waals surface area contributed by atoms with Gasteiger partial charge >= 0.3 is 5.69 Å². The summed E-state index contributed by atoms with van der Waals surface area (Å²) < 4.78 is 2.53. The molecule has 5 unspecified atom stereocenters. The number of ketones is 1. The van der Waals surface area contributed by atoms with Crippen LogP contribution in [0.3, 0.4) is 0 Å². The van der Waals surface area contributed by atoms with Gasteiger partial charge in [0.2, 0.25) is 0 Å². The second-order valence-electron chi connectivity index (χ2n) is 9.11. The maximum atomic E-state index is 13.0. The number of aromatic nitrogens is 4. The first kappa shape index (κ1) is 17.8. The summed E-state index contributed by atoms with van der Waals surface area (Å²) in [4.78, 5) is 45.4. The Morgan fingerprint density at radius 2 is 2.00 bits per heavy atom. The maximum absolute atomic E-state index is 13.0. The van der Waals surface area contributed by atoms with E-state index in [4.69, 9.17) is 4.98 Å². The first-order valence-corrected chi connectivity index (χ1v) is 10.3. The van der Waals surface area contributed by atoms with Crippen molar-refractivity contribution in [2.45, 2.75) is 70.6 Å². The molecule has 28 heavy (non-hydrogen) atoms. The number of hydrogen-bond acceptors (Lipinski definition) is 5. The Morgan fingerprint density at radius 1 is 1.25 bits per heavy atom.